The number of alkyl halides is 12. The molecule has 4 aromatic rings. The number of fused-ring (bicyclic) bond motifs is 8. The number of aliphatic hydroxyl groups excluding tert-OH is 1. The number of hydrogen-bond donors (Lipinski definition) is 3. The molecule has 0 saturated carbocycles. The molecule has 4 aromatic carbocycles. The summed E-state index contributed by atoms with van der Waals surface area (Å²) in [6.07, 6.45) is 1.00. The lowest BCUT2D eigenvalue weighted by Gasteiger charge is -2.55. The lowest BCUT2D eigenvalue weighted by atomic mass is 9.74. The first-order valence-electron chi connectivity index (χ1n) is 35.7. The Labute approximate surface area is 660 Å². The standard InChI is InChI=1S/C32H42N5O4S.C31H40N5O5S.4CHF3O3S/c1-20(2)29-31-21(3)25(22(4)35(31)32(29)39)18-34-26-7-5-6-24-23(8-9-27(30(24)26)42(34,40)41)10-11-36-12-15-37(16-13-36,17-14-36)19-28(33)38;1-19-24(20(2)34-30(19)28(21(3)37)31(34)39)17-33-25-6-4-5-23-22(7-8-26(29(23)25)42(33,40)41)9-10-35-11-14-36(15-12-35,16-13-35)18-27(32)38;4*2-1(3,4)8(5,6)7/h5-9,20-21,29,31H,10-19H2,1-4H3,(H-,33,38);4-8,19,21,28,30,37H,9-18H2,1-3H3,(H-,32,38);4*(H,5,6,7)/q2*+1;;;;/p-2/t21-,29+,31+,36?,37?;19-,21+,28+,30+,35?,36?;;;;/m00..../s1. The second-order valence-corrected chi connectivity index (χ2v) is 40.1. The highest BCUT2D eigenvalue weighted by Gasteiger charge is 2.60. The number of rotatable bonds is 16. The summed E-state index contributed by atoms with van der Waals surface area (Å²) in [5.41, 5.74) is -3.99. The van der Waals surface area contributed by atoms with Crippen LogP contribution in [0.1, 0.15) is 59.6 Å². The zero-order valence-corrected chi connectivity index (χ0v) is 67.8. The van der Waals surface area contributed by atoms with Crippen LogP contribution in [0.3, 0.4) is 0 Å². The van der Waals surface area contributed by atoms with Crippen LogP contribution in [-0.4, -0.2) is 283 Å². The van der Waals surface area contributed by atoms with E-state index in [0.29, 0.717) is 28.6 Å². The van der Waals surface area contributed by atoms with Crippen molar-refractivity contribution >= 4 is 117 Å². The molecule has 0 aromatic heterocycles. The number of piperazine rings is 6. The Morgan fingerprint density at radius 3 is 1.01 bits per heavy atom. The van der Waals surface area contributed by atoms with Gasteiger partial charge in [0.25, 0.3) is 31.9 Å². The van der Waals surface area contributed by atoms with Crippen molar-refractivity contribution in [1.82, 2.24) is 9.80 Å². The molecule has 12 heterocycles. The Morgan fingerprint density at radius 2 is 0.750 bits per heavy atom. The quantitative estimate of drug-likeness (QED) is 0.0472. The molecule has 8 saturated heterocycles. The van der Waals surface area contributed by atoms with Crippen LogP contribution in [-0.2, 0) is 92.5 Å². The van der Waals surface area contributed by atoms with Crippen molar-refractivity contribution in [2.75, 3.05) is 126 Å². The lowest BCUT2D eigenvalue weighted by Crippen LogP contribution is -2.76. The number of aliphatic hydroxyl groups is 1. The number of anilines is 2. The third kappa shape index (κ3) is 17.9. The van der Waals surface area contributed by atoms with E-state index in [2.05, 4.69) is 26.8 Å². The molecule has 4 bridgehead atoms. The van der Waals surface area contributed by atoms with Crippen LogP contribution in [0.4, 0.5) is 64.1 Å². The minimum absolute atomic E-state index is 0.00413. The van der Waals surface area contributed by atoms with E-state index in [1.54, 1.807) is 22.2 Å². The zero-order valence-electron chi connectivity index (χ0n) is 62.9. The predicted molar refractivity (Wildman–Crippen MR) is 383 cm³/mol. The molecule has 648 valence electrons. The van der Waals surface area contributed by atoms with E-state index in [1.807, 2.05) is 74.2 Å². The summed E-state index contributed by atoms with van der Waals surface area (Å²) >= 11 is 0. The molecule has 16 rings (SSSR count). The summed E-state index contributed by atoms with van der Waals surface area (Å²) in [5.74, 6) is -0.458. The molecule has 49 heteroatoms. The number of sulfonamides is 2. The Hall–Kier alpha value is -7.14. The fourth-order valence-electron chi connectivity index (χ4n) is 17.6. The van der Waals surface area contributed by atoms with Gasteiger partial charge < -0.3 is 62.5 Å². The van der Waals surface area contributed by atoms with Gasteiger partial charge in [-0.3, -0.25) is 27.8 Å². The van der Waals surface area contributed by atoms with Crippen molar-refractivity contribution in [2.24, 2.45) is 41.1 Å². The highest BCUT2D eigenvalue weighted by molar-refractivity contribution is 7.94. The van der Waals surface area contributed by atoms with Gasteiger partial charge in [-0.05, 0) is 84.0 Å². The third-order valence-electron chi connectivity index (χ3n) is 24.0. The molecule has 0 radical (unpaired) electrons. The van der Waals surface area contributed by atoms with Crippen molar-refractivity contribution in [1.29, 1.82) is 0 Å². The maximum absolute atomic E-state index is 14.0. The van der Waals surface area contributed by atoms with Gasteiger partial charge in [0, 0.05) is 46.8 Å². The number of halogens is 12. The van der Waals surface area contributed by atoms with Gasteiger partial charge >= 0.3 is 22.0 Å². The second kappa shape index (κ2) is 31.8. The van der Waals surface area contributed by atoms with Crippen LogP contribution in [0.25, 0.3) is 21.5 Å². The van der Waals surface area contributed by atoms with Crippen molar-refractivity contribution in [3.8, 4) is 0 Å². The molecule has 5 N–H and O–H groups in total. The van der Waals surface area contributed by atoms with E-state index in [0.717, 1.165) is 178 Å². The fraction of sp³-hybridized carbons (Fsp3) is 0.582. The maximum Gasteiger partial charge on any atom is 0.485 e. The summed E-state index contributed by atoms with van der Waals surface area (Å²) in [7, 11) is -31.8. The van der Waals surface area contributed by atoms with Gasteiger partial charge in [-0.25, -0.2) is 50.5 Å². The number of nitrogens with zero attached hydrogens (tertiary/aromatic N) is 8. The Morgan fingerprint density at radius 1 is 0.483 bits per heavy atom. The molecular weight excluding hydrogens is 1700 g/mol. The molecule has 12 aliphatic heterocycles. The minimum Gasteiger partial charge on any atom is -0.741 e. The highest BCUT2D eigenvalue weighted by Crippen LogP contribution is 2.53. The summed E-state index contributed by atoms with van der Waals surface area (Å²) < 4.78 is 298. The van der Waals surface area contributed by atoms with Crippen molar-refractivity contribution in [3.05, 3.63) is 94.3 Å². The number of quaternary nitrogens is 4. The summed E-state index contributed by atoms with van der Waals surface area (Å²) in [5, 5.41) is 13.8. The lowest BCUT2D eigenvalue weighted by molar-refractivity contribution is -1.08. The number of benzene rings is 4. The molecule has 0 spiro atoms. The van der Waals surface area contributed by atoms with Crippen LogP contribution < -0.4 is 20.1 Å². The largest absolute Gasteiger partial charge is 0.741 e. The van der Waals surface area contributed by atoms with Gasteiger partial charge in [-0.1, -0.05) is 64.1 Å². The molecular formula is C67H84F12N10O21S6. The van der Waals surface area contributed by atoms with Gasteiger partial charge in [0.2, 0.25) is 11.8 Å². The first-order valence-corrected chi connectivity index (χ1v) is 44.2. The van der Waals surface area contributed by atoms with Crippen LogP contribution in [0, 0.1) is 29.6 Å². The molecule has 12 aliphatic rings. The Kier molecular flexibility index (Phi) is 25.4. The van der Waals surface area contributed by atoms with Crippen LogP contribution in [0.15, 0.2) is 93.0 Å². The normalized spacial score (nSPS) is 27.8. The molecule has 31 nitrogen and oxygen atoms in total. The third-order valence-corrected chi connectivity index (χ3v) is 29.8. The van der Waals surface area contributed by atoms with Gasteiger partial charge in [0.15, 0.2) is 53.6 Å². The van der Waals surface area contributed by atoms with Crippen LogP contribution in [0.5, 0.6) is 0 Å². The smallest absolute Gasteiger partial charge is 0.485 e. The number of β-lactam (4-membered cyclic amide) rings is 2. The molecule has 0 unspecified atom stereocenters. The van der Waals surface area contributed by atoms with Crippen LogP contribution in [0.2, 0.25) is 0 Å². The molecule has 7 atom stereocenters. The topological polar surface area (TPSA) is 451 Å². The molecule has 0 aliphatic carbocycles. The number of primary amides is 2. The average Bonchev–Trinajstić information content (AvgIpc) is 1.55. The predicted octanol–water partition coefficient (Wildman–Crippen LogP) is 3.82. The summed E-state index contributed by atoms with van der Waals surface area (Å²) in [6, 6.07) is 19.4. The van der Waals surface area contributed by atoms with Gasteiger partial charge in [-0.15, -0.1) is 0 Å². The minimum atomic E-state index is -6.09. The van der Waals surface area contributed by atoms with Gasteiger partial charge in [0.1, 0.15) is 78.5 Å². The van der Waals surface area contributed by atoms with E-state index < -0.39 is 94.6 Å². The number of allylic oxidation sites excluding steroid dienone is 2. The van der Waals surface area contributed by atoms with E-state index in [-0.39, 0.29) is 72.5 Å². The number of amides is 4. The number of carbonyl (C=O) groups is 4. The second-order valence-electron chi connectivity index (χ2n) is 30.9. The Balaban J connectivity index is 0.000000193. The van der Waals surface area contributed by atoms with E-state index in [9.17, 15) is 93.8 Å². The van der Waals surface area contributed by atoms with E-state index in [1.165, 1.54) is 9.87 Å². The van der Waals surface area contributed by atoms with Crippen molar-refractivity contribution < 1.29 is 164 Å². The van der Waals surface area contributed by atoms with Crippen molar-refractivity contribution in [3.63, 3.8) is 0 Å². The highest BCUT2D eigenvalue weighted by atomic mass is 32.2. The molecule has 8 fully saturated rings. The van der Waals surface area contributed by atoms with E-state index in [4.69, 9.17) is 63.3 Å². The van der Waals surface area contributed by atoms with Gasteiger partial charge in [-0.2, -0.15) is 52.7 Å². The number of nitrogens with two attached hydrogens (primary N) is 2. The number of hydrogen-bond acceptors (Lipinski definition) is 21. The first-order chi connectivity index (χ1) is 52.8. The summed E-state index contributed by atoms with van der Waals surface area (Å²) in [6.45, 7) is 29.5. The summed E-state index contributed by atoms with van der Waals surface area (Å²) in [4.78, 5) is 53.4. The SMILES string of the molecule is CC1=C(CN2c3cccc4c(CC[N+]56CC[N+](CC(N)=O)(CC5)CC6)ccc(c34)S2(=O)=O)[C@H](C)[C@@H]2[C@@H](C(C)C)C(=O)N12.CC1=C(CN2c3cccc4c(CC[N+]56CC[N+](CC(N)=O)(CC5)CC6)ccc(c34)S2(=O)=O)[C@H](C)[C@@H]2[C@@H]([C@@H](C)O)C(=O)N12.O=S(=O)([O-])C(F)(F)F.O=S(=O)([O-])C(F)(F)F.O=S(=O)([O-])C(F)(F)F.O=S(=O)([O-])C(F)(F)F. The first kappa shape index (κ1) is 92.7. The van der Waals surface area contributed by atoms with Crippen molar-refractivity contribution in [2.45, 2.75) is 111 Å². The van der Waals surface area contributed by atoms with Gasteiger partial charge in [0.05, 0.1) is 77.4 Å². The Bertz CT molecular complexity index is 4940. The maximum atomic E-state index is 14.0. The van der Waals surface area contributed by atoms with E-state index >= 15 is 0 Å². The zero-order chi connectivity index (χ0) is 87.5. The molecule has 116 heavy (non-hydrogen) atoms. The monoisotopic (exact) mass is 1780 g/mol. The molecule has 4 amide bonds. The number of carbonyl (C=O) groups excluding carboxylic acids is 4. The fourth-order valence-corrected chi connectivity index (χ4v) is 21.0. The van der Waals surface area contributed by atoms with Crippen LogP contribution >= 0.6 is 0 Å². The average molecular weight is 1790 g/mol.